The summed E-state index contributed by atoms with van der Waals surface area (Å²) in [7, 11) is 0. The van der Waals surface area contributed by atoms with Gasteiger partial charge in [-0.1, -0.05) is 60.1 Å². The van der Waals surface area contributed by atoms with Crippen molar-refractivity contribution in [3.05, 3.63) is 69.4 Å². The zero-order valence-electron chi connectivity index (χ0n) is 12.5. The molecule has 0 saturated heterocycles. The fraction of sp³-hybridized carbons (Fsp3) is 0.333. The lowest BCUT2D eigenvalue weighted by molar-refractivity contribution is 0.590. The summed E-state index contributed by atoms with van der Waals surface area (Å²) in [6.45, 7) is 5.22. The van der Waals surface area contributed by atoms with Crippen molar-refractivity contribution in [2.45, 2.75) is 32.7 Å². The molecule has 0 aromatic heterocycles. The number of aryl methyl sites for hydroxylation is 1. The van der Waals surface area contributed by atoms with Gasteiger partial charge in [0.25, 0.3) is 0 Å². The van der Waals surface area contributed by atoms with Crippen molar-refractivity contribution in [1.82, 2.24) is 5.32 Å². The Morgan fingerprint density at radius 3 is 2.62 bits per heavy atom. The minimum absolute atomic E-state index is 0.0754. The van der Waals surface area contributed by atoms with Crippen LogP contribution in [0.4, 0.5) is 4.39 Å². The van der Waals surface area contributed by atoms with E-state index in [4.69, 9.17) is 0 Å². The smallest absolute Gasteiger partial charge is 0.124 e. The molecule has 0 aliphatic heterocycles. The van der Waals surface area contributed by atoms with Crippen LogP contribution in [0.15, 0.2) is 46.9 Å². The van der Waals surface area contributed by atoms with E-state index >= 15 is 0 Å². The van der Waals surface area contributed by atoms with Crippen LogP contribution in [0.2, 0.25) is 0 Å². The summed E-state index contributed by atoms with van der Waals surface area (Å²) in [4.78, 5) is 0. The quantitative estimate of drug-likeness (QED) is 0.751. The molecule has 0 spiro atoms. The zero-order valence-corrected chi connectivity index (χ0v) is 14.1. The second-order valence-corrected chi connectivity index (χ2v) is 6.01. The molecule has 21 heavy (non-hydrogen) atoms. The second-order valence-electron chi connectivity index (χ2n) is 5.15. The van der Waals surface area contributed by atoms with Gasteiger partial charge in [-0.15, -0.1) is 0 Å². The summed E-state index contributed by atoms with van der Waals surface area (Å²) in [5.41, 5.74) is 3.60. The summed E-state index contributed by atoms with van der Waals surface area (Å²) in [6.07, 6.45) is 2.07. The Hall–Kier alpha value is -1.19. The first-order valence-electron chi connectivity index (χ1n) is 7.42. The molecule has 1 nitrogen and oxygen atoms in total. The molecule has 0 heterocycles. The van der Waals surface area contributed by atoms with E-state index in [0.717, 1.165) is 29.4 Å². The predicted molar refractivity (Wildman–Crippen MR) is 90.1 cm³/mol. The van der Waals surface area contributed by atoms with E-state index in [1.54, 1.807) is 0 Å². The van der Waals surface area contributed by atoms with Crippen molar-refractivity contribution in [3.63, 3.8) is 0 Å². The molecule has 0 saturated carbocycles. The molecule has 0 bridgehead atoms. The lowest BCUT2D eigenvalue weighted by atomic mass is 9.96. The van der Waals surface area contributed by atoms with Crippen LogP contribution in [0, 0.1) is 5.82 Å². The molecule has 1 N–H and O–H groups in total. The van der Waals surface area contributed by atoms with Gasteiger partial charge in [0.15, 0.2) is 0 Å². The fourth-order valence-electron chi connectivity index (χ4n) is 2.42. The highest BCUT2D eigenvalue weighted by atomic mass is 79.9. The average Bonchev–Trinajstić information content (AvgIpc) is 2.49. The molecule has 0 amide bonds. The lowest BCUT2D eigenvalue weighted by Gasteiger charge is -2.21. The average molecular weight is 350 g/mol. The Balaban J connectivity index is 2.41. The molecule has 112 valence electrons. The van der Waals surface area contributed by atoms with Crippen molar-refractivity contribution in [2.75, 3.05) is 6.54 Å². The van der Waals surface area contributed by atoms with Gasteiger partial charge in [-0.05, 0) is 48.2 Å². The number of halogens is 2. The van der Waals surface area contributed by atoms with Gasteiger partial charge in [0.2, 0.25) is 0 Å². The number of nitrogens with one attached hydrogen (secondary N) is 1. The Bertz CT molecular complexity index is 598. The SMILES string of the molecule is CCCNC(c1cccc(CC)c1)c1ccc(F)cc1Br. The highest BCUT2D eigenvalue weighted by molar-refractivity contribution is 9.10. The standard InChI is InChI=1S/C18H21BrFN/c1-3-10-21-18(14-7-5-6-13(4-2)11-14)16-9-8-15(20)12-17(16)19/h5-9,11-12,18,21H,3-4,10H2,1-2H3. The molecule has 1 atom stereocenters. The molecule has 2 rings (SSSR count). The Kier molecular flexibility index (Phi) is 5.95. The van der Waals surface area contributed by atoms with E-state index in [0.29, 0.717) is 0 Å². The topological polar surface area (TPSA) is 12.0 Å². The van der Waals surface area contributed by atoms with E-state index in [-0.39, 0.29) is 11.9 Å². The number of benzene rings is 2. The first kappa shape index (κ1) is 16.2. The third-order valence-corrected chi connectivity index (χ3v) is 4.25. The highest BCUT2D eigenvalue weighted by Crippen LogP contribution is 2.29. The van der Waals surface area contributed by atoms with Gasteiger partial charge >= 0.3 is 0 Å². The molecule has 0 aliphatic carbocycles. The van der Waals surface area contributed by atoms with Gasteiger partial charge in [-0.25, -0.2) is 4.39 Å². The Labute approximate surface area is 134 Å². The van der Waals surface area contributed by atoms with Gasteiger partial charge in [-0.2, -0.15) is 0 Å². The van der Waals surface area contributed by atoms with Crippen LogP contribution in [0.5, 0.6) is 0 Å². The van der Waals surface area contributed by atoms with Crippen molar-refractivity contribution < 1.29 is 4.39 Å². The summed E-state index contributed by atoms with van der Waals surface area (Å²) >= 11 is 3.49. The maximum atomic E-state index is 13.3. The van der Waals surface area contributed by atoms with Crippen LogP contribution >= 0.6 is 15.9 Å². The molecule has 0 radical (unpaired) electrons. The Morgan fingerprint density at radius 1 is 1.14 bits per heavy atom. The van der Waals surface area contributed by atoms with E-state index in [1.807, 2.05) is 6.07 Å². The van der Waals surface area contributed by atoms with Crippen molar-refractivity contribution in [1.29, 1.82) is 0 Å². The number of hydrogen-bond acceptors (Lipinski definition) is 1. The summed E-state index contributed by atoms with van der Waals surface area (Å²) < 4.78 is 14.1. The van der Waals surface area contributed by atoms with E-state index in [1.165, 1.54) is 23.3 Å². The molecule has 0 fully saturated rings. The van der Waals surface area contributed by atoms with E-state index in [9.17, 15) is 4.39 Å². The molecule has 2 aromatic carbocycles. The summed E-state index contributed by atoms with van der Waals surface area (Å²) in [5, 5.41) is 3.56. The molecule has 2 aromatic rings. The minimum atomic E-state index is -0.220. The number of hydrogen-bond donors (Lipinski definition) is 1. The molecule has 0 aliphatic rings. The van der Waals surface area contributed by atoms with Crippen LogP contribution in [-0.2, 0) is 6.42 Å². The number of rotatable bonds is 6. The highest BCUT2D eigenvalue weighted by Gasteiger charge is 2.16. The predicted octanol–water partition coefficient (Wildman–Crippen LogP) is 5.24. The largest absolute Gasteiger partial charge is 0.306 e. The molecular weight excluding hydrogens is 329 g/mol. The molecule has 3 heteroatoms. The van der Waals surface area contributed by atoms with Crippen LogP contribution < -0.4 is 5.32 Å². The lowest BCUT2D eigenvalue weighted by Crippen LogP contribution is -2.23. The minimum Gasteiger partial charge on any atom is -0.306 e. The summed E-state index contributed by atoms with van der Waals surface area (Å²) in [6, 6.07) is 13.6. The monoisotopic (exact) mass is 349 g/mol. The maximum absolute atomic E-state index is 13.3. The second kappa shape index (κ2) is 7.71. The fourth-order valence-corrected chi connectivity index (χ4v) is 3.00. The third-order valence-electron chi connectivity index (χ3n) is 3.56. The van der Waals surface area contributed by atoms with Crippen molar-refractivity contribution in [2.24, 2.45) is 0 Å². The van der Waals surface area contributed by atoms with Crippen molar-refractivity contribution >= 4 is 15.9 Å². The van der Waals surface area contributed by atoms with Gasteiger partial charge in [0, 0.05) is 4.47 Å². The van der Waals surface area contributed by atoms with Gasteiger partial charge in [-0.3, -0.25) is 0 Å². The molecule has 1 unspecified atom stereocenters. The molecular formula is C18H21BrFN. The van der Waals surface area contributed by atoms with E-state index < -0.39 is 0 Å². The first-order valence-corrected chi connectivity index (χ1v) is 8.22. The van der Waals surface area contributed by atoms with E-state index in [2.05, 4.69) is 59.4 Å². The maximum Gasteiger partial charge on any atom is 0.124 e. The van der Waals surface area contributed by atoms with Crippen LogP contribution in [0.3, 0.4) is 0 Å². The summed E-state index contributed by atoms with van der Waals surface area (Å²) in [5.74, 6) is -0.220. The van der Waals surface area contributed by atoms with Crippen LogP contribution in [-0.4, -0.2) is 6.54 Å². The van der Waals surface area contributed by atoms with Crippen molar-refractivity contribution in [3.8, 4) is 0 Å². The first-order chi connectivity index (χ1) is 10.2. The van der Waals surface area contributed by atoms with Gasteiger partial charge in [0.05, 0.1) is 6.04 Å². The Morgan fingerprint density at radius 2 is 1.95 bits per heavy atom. The van der Waals surface area contributed by atoms with Gasteiger partial charge < -0.3 is 5.32 Å². The third kappa shape index (κ3) is 4.14. The van der Waals surface area contributed by atoms with Gasteiger partial charge in [0.1, 0.15) is 5.82 Å². The zero-order chi connectivity index (χ0) is 15.2. The van der Waals surface area contributed by atoms with Crippen LogP contribution in [0.1, 0.15) is 43.0 Å². The normalized spacial score (nSPS) is 12.4. The van der Waals surface area contributed by atoms with Crippen LogP contribution in [0.25, 0.3) is 0 Å².